The van der Waals surface area contributed by atoms with Crippen molar-refractivity contribution in [2.75, 3.05) is 34.4 Å². The molecule has 0 saturated heterocycles. The molecule has 2 aromatic carbocycles. The maximum atomic E-state index is 13.0. The van der Waals surface area contributed by atoms with E-state index in [1.54, 1.807) is 45.2 Å². The van der Waals surface area contributed by atoms with E-state index in [-0.39, 0.29) is 24.0 Å². The molecule has 2 rings (SSSR count). The Morgan fingerprint density at radius 1 is 1.00 bits per heavy atom. The van der Waals surface area contributed by atoms with Gasteiger partial charge in [0, 0.05) is 6.54 Å². The number of aryl methyl sites for hydroxylation is 1. The molecule has 1 amide bonds. The van der Waals surface area contributed by atoms with E-state index in [0.29, 0.717) is 22.8 Å². The van der Waals surface area contributed by atoms with Crippen molar-refractivity contribution in [3.05, 3.63) is 47.5 Å². The van der Waals surface area contributed by atoms with Gasteiger partial charge >= 0.3 is 0 Å². The van der Waals surface area contributed by atoms with Crippen molar-refractivity contribution in [1.29, 1.82) is 0 Å². The average molecular weight is 451 g/mol. The Balaban J connectivity index is 2.14. The summed E-state index contributed by atoms with van der Waals surface area (Å²) in [6.07, 6.45) is 0. The highest BCUT2D eigenvalue weighted by atomic mass is 32.2. The van der Waals surface area contributed by atoms with Gasteiger partial charge in [-0.15, -0.1) is 0 Å². The van der Waals surface area contributed by atoms with E-state index in [0.717, 1.165) is 9.87 Å². The van der Waals surface area contributed by atoms with Gasteiger partial charge in [0.1, 0.15) is 5.75 Å². The van der Waals surface area contributed by atoms with Crippen LogP contribution in [0, 0.1) is 6.92 Å². The highest BCUT2D eigenvalue weighted by molar-refractivity contribution is 7.89. The second-order valence-electron chi connectivity index (χ2n) is 6.97. The first-order chi connectivity index (χ1) is 14.7. The zero-order chi connectivity index (χ0) is 23.2. The highest BCUT2D eigenvalue weighted by Gasteiger charge is 2.26. The van der Waals surface area contributed by atoms with E-state index >= 15 is 0 Å². The molecule has 2 aromatic rings. The molecule has 0 bridgehead atoms. The van der Waals surface area contributed by atoms with Crippen LogP contribution in [0.2, 0.25) is 0 Å². The standard InChI is InChI=1S/C22H30N2O6S/c1-7-24(31(26,27)18-9-11-19(28-4)15(2)12-18)14-22(25)23-16(3)17-8-10-20(29-5)21(13-17)30-6/h8-13,16H,7,14H2,1-6H3,(H,23,25)/t16-/m1/s1. The van der Waals surface area contributed by atoms with Crippen molar-refractivity contribution >= 4 is 15.9 Å². The van der Waals surface area contributed by atoms with Crippen molar-refractivity contribution < 1.29 is 27.4 Å². The maximum Gasteiger partial charge on any atom is 0.243 e. The van der Waals surface area contributed by atoms with Gasteiger partial charge < -0.3 is 19.5 Å². The van der Waals surface area contributed by atoms with Crippen LogP contribution in [0.15, 0.2) is 41.3 Å². The van der Waals surface area contributed by atoms with Crippen LogP contribution in [0.3, 0.4) is 0 Å². The number of ether oxygens (including phenoxy) is 3. The first kappa shape index (κ1) is 24.5. The minimum atomic E-state index is -3.83. The molecule has 8 nitrogen and oxygen atoms in total. The molecule has 0 aliphatic heterocycles. The molecular formula is C22H30N2O6S. The molecule has 0 heterocycles. The molecule has 31 heavy (non-hydrogen) atoms. The molecule has 170 valence electrons. The van der Waals surface area contributed by atoms with Crippen molar-refractivity contribution in [1.82, 2.24) is 9.62 Å². The Hall–Kier alpha value is -2.78. The Bertz CT molecular complexity index is 1020. The van der Waals surface area contributed by atoms with Crippen LogP contribution in [0.4, 0.5) is 0 Å². The molecule has 0 unspecified atom stereocenters. The number of hydrogen-bond donors (Lipinski definition) is 1. The number of rotatable bonds is 10. The number of hydrogen-bond acceptors (Lipinski definition) is 6. The summed E-state index contributed by atoms with van der Waals surface area (Å²) in [6, 6.07) is 9.63. The van der Waals surface area contributed by atoms with Crippen molar-refractivity contribution in [2.45, 2.75) is 31.7 Å². The van der Waals surface area contributed by atoms with Crippen LogP contribution < -0.4 is 19.5 Å². The normalized spacial score (nSPS) is 12.4. The molecule has 0 fully saturated rings. The van der Waals surface area contributed by atoms with Crippen LogP contribution in [0.5, 0.6) is 17.2 Å². The third kappa shape index (κ3) is 5.68. The van der Waals surface area contributed by atoms with E-state index in [1.807, 2.05) is 13.0 Å². The summed E-state index contributed by atoms with van der Waals surface area (Å²) < 4.78 is 42.9. The minimum absolute atomic E-state index is 0.119. The summed E-state index contributed by atoms with van der Waals surface area (Å²) in [6.45, 7) is 5.15. The summed E-state index contributed by atoms with van der Waals surface area (Å²) in [5.41, 5.74) is 1.51. The lowest BCUT2D eigenvalue weighted by Gasteiger charge is -2.22. The summed E-state index contributed by atoms with van der Waals surface area (Å²) in [4.78, 5) is 12.7. The number of sulfonamides is 1. The third-order valence-electron chi connectivity index (χ3n) is 4.96. The number of amides is 1. The third-order valence-corrected chi connectivity index (χ3v) is 6.88. The number of methoxy groups -OCH3 is 3. The van der Waals surface area contributed by atoms with E-state index in [1.165, 1.54) is 20.3 Å². The van der Waals surface area contributed by atoms with Gasteiger partial charge in [-0.3, -0.25) is 4.79 Å². The number of carbonyl (C=O) groups excluding carboxylic acids is 1. The number of benzene rings is 2. The van der Waals surface area contributed by atoms with E-state index in [4.69, 9.17) is 14.2 Å². The van der Waals surface area contributed by atoms with E-state index < -0.39 is 15.9 Å². The molecule has 0 saturated carbocycles. The Kier molecular flexibility index (Phi) is 8.29. The fraction of sp³-hybridized carbons (Fsp3) is 0.409. The summed E-state index contributed by atoms with van der Waals surface area (Å²) in [5, 5.41) is 2.84. The molecule has 1 N–H and O–H groups in total. The summed E-state index contributed by atoms with van der Waals surface area (Å²) in [5.74, 6) is 1.33. The van der Waals surface area contributed by atoms with Crippen molar-refractivity contribution in [3.63, 3.8) is 0 Å². The van der Waals surface area contributed by atoms with Gasteiger partial charge in [-0.2, -0.15) is 4.31 Å². The van der Waals surface area contributed by atoms with Gasteiger partial charge in [-0.1, -0.05) is 13.0 Å². The smallest absolute Gasteiger partial charge is 0.243 e. The van der Waals surface area contributed by atoms with E-state index in [9.17, 15) is 13.2 Å². The lowest BCUT2D eigenvalue weighted by atomic mass is 10.1. The Morgan fingerprint density at radius 2 is 1.61 bits per heavy atom. The maximum absolute atomic E-state index is 13.0. The fourth-order valence-corrected chi connectivity index (χ4v) is 4.67. The number of carbonyl (C=O) groups is 1. The topological polar surface area (TPSA) is 94.2 Å². The summed E-state index contributed by atoms with van der Waals surface area (Å²) in [7, 11) is 0.779. The van der Waals surface area contributed by atoms with Gasteiger partial charge in [0.25, 0.3) is 0 Å². The van der Waals surface area contributed by atoms with Gasteiger partial charge in [0.2, 0.25) is 15.9 Å². The zero-order valence-corrected chi connectivity index (χ0v) is 19.6. The van der Waals surface area contributed by atoms with Crippen LogP contribution in [-0.2, 0) is 14.8 Å². The molecule has 0 aliphatic carbocycles. The lowest BCUT2D eigenvalue weighted by molar-refractivity contribution is -0.121. The SMILES string of the molecule is CCN(CC(=O)N[C@H](C)c1ccc(OC)c(OC)c1)S(=O)(=O)c1ccc(OC)c(C)c1. The quantitative estimate of drug-likeness (QED) is 0.598. The Morgan fingerprint density at radius 3 is 2.16 bits per heavy atom. The highest BCUT2D eigenvalue weighted by Crippen LogP contribution is 2.30. The number of nitrogens with one attached hydrogen (secondary N) is 1. The average Bonchev–Trinajstić information content (AvgIpc) is 2.76. The van der Waals surface area contributed by atoms with Crippen molar-refractivity contribution in [2.24, 2.45) is 0 Å². The second-order valence-corrected chi connectivity index (χ2v) is 8.90. The first-order valence-electron chi connectivity index (χ1n) is 9.84. The fourth-order valence-electron chi connectivity index (χ4n) is 3.18. The van der Waals surface area contributed by atoms with Gasteiger partial charge in [0.05, 0.1) is 38.8 Å². The zero-order valence-electron chi connectivity index (χ0n) is 18.8. The second kappa shape index (κ2) is 10.5. The van der Waals surface area contributed by atoms with Gasteiger partial charge in [-0.05, 0) is 55.3 Å². The molecule has 0 radical (unpaired) electrons. The molecule has 0 aromatic heterocycles. The predicted octanol–water partition coefficient (Wildman–Crippen LogP) is 2.91. The monoisotopic (exact) mass is 450 g/mol. The van der Waals surface area contributed by atoms with Crippen LogP contribution in [0.25, 0.3) is 0 Å². The Labute approximate surface area is 184 Å². The van der Waals surface area contributed by atoms with Crippen LogP contribution in [0.1, 0.15) is 31.0 Å². The predicted molar refractivity (Wildman–Crippen MR) is 118 cm³/mol. The molecule has 0 spiro atoms. The number of nitrogens with zero attached hydrogens (tertiary/aromatic N) is 1. The van der Waals surface area contributed by atoms with Crippen LogP contribution in [-0.4, -0.2) is 53.0 Å². The molecule has 0 aliphatic rings. The minimum Gasteiger partial charge on any atom is -0.496 e. The molecule has 9 heteroatoms. The van der Waals surface area contributed by atoms with Gasteiger partial charge in [0.15, 0.2) is 11.5 Å². The molecular weight excluding hydrogens is 420 g/mol. The van der Waals surface area contributed by atoms with Crippen molar-refractivity contribution in [3.8, 4) is 17.2 Å². The van der Waals surface area contributed by atoms with E-state index in [2.05, 4.69) is 5.32 Å². The largest absolute Gasteiger partial charge is 0.496 e. The van der Waals surface area contributed by atoms with Crippen LogP contribution >= 0.6 is 0 Å². The molecule has 1 atom stereocenters. The lowest BCUT2D eigenvalue weighted by Crippen LogP contribution is -2.41. The number of likely N-dealkylation sites (N-methyl/N-ethyl adjacent to an activating group) is 1. The van der Waals surface area contributed by atoms with Gasteiger partial charge in [-0.25, -0.2) is 8.42 Å². The summed E-state index contributed by atoms with van der Waals surface area (Å²) >= 11 is 0. The first-order valence-corrected chi connectivity index (χ1v) is 11.3.